The van der Waals surface area contributed by atoms with E-state index in [-0.39, 0.29) is 17.9 Å². The van der Waals surface area contributed by atoms with Crippen LogP contribution < -0.4 is 5.32 Å². The van der Waals surface area contributed by atoms with Crippen LogP contribution in [0.25, 0.3) is 0 Å². The number of amides is 2. The summed E-state index contributed by atoms with van der Waals surface area (Å²) >= 11 is 1.36. The van der Waals surface area contributed by atoms with Gasteiger partial charge in [-0.1, -0.05) is 0 Å². The predicted molar refractivity (Wildman–Crippen MR) is 85.0 cm³/mol. The standard InChI is InChI=1S/C15H23N3O3S/c1-4-21-11(3)15(20)18-7-5-12(6-8-18)17-14(19)13-10(2)16-9-22-13/h9,11-12H,4-8H2,1-3H3,(H,17,19)/t11-/m0/s1. The van der Waals surface area contributed by atoms with Crippen LogP contribution >= 0.6 is 11.3 Å². The minimum absolute atomic E-state index is 0.0323. The monoisotopic (exact) mass is 325 g/mol. The third-order valence-corrected chi connectivity index (χ3v) is 4.79. The molecule has 1 fully saturated rings. The van der Waals surface area contributed by atoms with E-state index >= 15 is 0 Å². The molecule has 1 saturated heterocycles. The van der Waals surface area contributed by atoms with Crippen LogP contribution in [-0.4, -0.2) is 53.5 Å². The van der Waals surface area contributed by atoms with E-state index in [2.05, 4.69) is 10.3 Å². The van der Waals surface area contributed by atoms with Crippen LogP contribution in [0.5, 0.6) is 0 Å². The molecule has 1 atom stereocenters. The number of hydrogen-bond donors (Lipinski definition) is 1. The lowest BCUT2D eigenvalue weighted by atomic mass is 10.0. The van der Waals surface area contributed by atoms with Crippen LogP contribution in [0.1, 0.15) is 42.1 Å². The van der Waals surface area contributed by atoms with Crippen molar-refractivity contribution in [3.05, 3.63) is 16.1 Å². The number of carbonyl (C=O) groups is 2. The van der Waals surface area contributed by atoms with Gasteiger partial charge in [-0.25, -0.2) is 4.98 Å². The van der Waals surface area contributed by atoms with Gasteiger partial charge in [-0.15, -0.1) is 11.3 Å². The molecule has 0 saturated carbocycles. The Morgan fingerprint density at radius 3 is 2.73 bits per heavy atom. The van der Waals surface area contributed by atoms with Crippen molar-refractivity contribution in [1.82, 2.24) is 15.2 Å². The van der Waals surface area contributed by atoms with Crippen molar-refractivity contribution < 1.29 is 14.3 Å². The highest BCUT2D eigenvalue weighted by Gasteiger charge is 2.27. The molecule has 0 spiro atoms. The molecule has 0 unspecified atom stereocenters. The summed E-state index contributed by atoms with van der Waals surface area (Å²) in [6.45, 7) is 7.35. The number of aryl methyl sites for hydroxylation is 1. The largest absolute Gasteiger partial charge is 0.369 e. The van der Waals surface area contributed by atoms with E-state index in [1.807, 2.05) is 18.7 Å². The molecule has 0 aromatic carbocycles. The number of piperidine rings is 1. The molecule has 2 heterocycles. The van der Waals surface area contributed by atoms with Crippen LogP contribution in [0.4, 0.5) is 0 Å². The van der Waals surface area contributed by atoms with E-state index < -0.39 is 6.10 Å². The Hall–Kier alpha value is -1.47. The molecule has 2 rings (SSSR count). The molecule has 122 valence electrons. The van der Waals surface area contributed by atoms with Gasteiger partial charge in [0.15, 0.2) is 0 Å². The Balaban J connectivity index is 1.81. The number of nitrogens with zero attached hydrogens (tertiary/aromatic N) is 2. The van der Waals surface area contributed by atoms with Gasteiger partial charge in [0.1, 0.15) is 11.0 Å². The molecule has 7 heteroatoms. The highest BCUT2D eigenvalue weighted by molar-refractivity contribution is 7.11. The average Bonchev–Trinajstić information content (AvgIpc) is 2.94. The second kappa shape index (κ2) is 7.69. The highest BCUT2D eigenvalue weighted by atomic mass is 32.1. The number of likely N-dealkylation sites (tertiary alicyclic amines) is 1. The molecule has 1 aromatic rings. The van der Waals surface area contributed by atoms with Crippen LogP contribution in [-0.2, 0) is 9.53 Å². The number of rotatable bonds is 5. The molecule has 22 heavy (non-hydrogen) atoms. The lowest BCUT2D eigenvalue weighted by Crippen LogP contribution is -2.49. The molecule has 1 N–H and O–H groups in total. The van der Waals surface area contributed by atoms with Crippen molar-refractivity contribution in [2.24, 2.45) is 0 Å². The fourth-order valence-corrected chi connectivity index (χ4v) is 3.30. The highest BCUT2D eigenvalue weighted by Crippen LogP contribution is 2.16. The first-order valence-corrected chi connectivity index (χ1v) is 8.52. The van der Waals surface area contributed by atoms with Gasteiger partial charge >= 0.3 is 0 Å². The van der Waals surface area contributed by atoms with E-state index in [0.29, 0.717) is 24.6 Å². The van der Waals surface area contributed by atoms with Gasteiger partial charge in [0.25, 0.3) is 11.8 Å². The van der Waals surface area contributed by atoms with Crippen molar-refractivity contribution in [2.45, 2.75) is 45.8 Å². The fourth-order valence-electron chi connectivity index (χ4n) is 2.59. The molecule has 0 aliphatic carbocycles. The van der Waals surface area contributed by atoms with Gasteiger partial charge in [-0.3, -0.25) is 9.59 Å². The Kier molecular flexibility index (Phi) is 5.90. The number of nitrogens with one attached hydrogen (secondary N) is 1. The van der Waals surface area contributed by atoms with Crippen molar-refractivity contribution in [1.29, 1.82) is 0 Å². The molecular weight excluding hydrogens is 302 g/mol. The lowest BCUT2D eigenvalue weighted by molar-refractivity contribution is -0.143. The molecule has 1 aromatic heterocycles. The summed E-state index contributed by atoms with van der Waals surface area (Å²) in [5.74, 6) is -0.0302. The van der Waals surface area contributed by atoms with Crippen molar-refractivity contribution in [3.8, 4) is 0 Å². The summed E-state index contributed by atoms with van der Waals surface area (Å²) in [4.78, 5) is 30.9. The zero-order chi connectivity index (χ0) is 16.1. The summed E-state index contributed by atoms with van der Waals surface area (Å²) in [7, 11) is 0. The van der Waals surface area contributed by atoms with Crippen LogP contribution in [0.15, 0.2) is 5.51 Å². The number of aromatic nitrogens is 1. The second-order valence-corrected chi connectivity index (χ2v) is 6.29. The summed E-state index contributed by atoms with van der Waals surface area (Å²) in [5, 5.41) is 3.04. The zero-order valence-electron chi connectivity index (χ0n) is 13.3. The van der Waals surface area contributed by atoms with E-state index in [1.54, 1.807) is 12.4 Å². The second-order valence-electron chi connectivity index (χ2n) is 5.44. The Labute approximate surface area is 134 Å². The number of hydrogen-bond acceptors (Lipinski definition) is 5. The summed E-state index contributed by atoms with van der Waals surface area (Å²) in [6, 6.07) is 0.112. The Morgan fingerprint density at radius 2 is 2.18 bits per heavy atom. The summed E-state index contributed by atoms with van der Waals surface area (Å²) in [5.41, 5.74) is 2.45. The molecule has 2 amide bonds. The molecule has 0 radical (unpaired) electrons. The molecular formula is C15H23N3O3S. The Bertz CT molecular complexity index is 524. The maximum absolute atomic E-state index is 12.2. The average molecular weight is 325 g/mol. The fraction of sp³-hybridized carbons (Fsp3) is 0.667. The SMILES string of the molecule is CCO[C@@H](C)C(=O)N1CCC(NC(=O)c2scnc2C)CC1. The third-order valence-electron chi connectivity index (χ3n) is 3.86. The topological polar surface area (TPSA) is 71.5 Å². The lowest BCUT2D eigenvalue weighted by Gasteiger charge is -2.33. The minimum atomic E-state index is -0.393. The number of ether oxygens (including phenoxy) is 1. The number of carbonyl (C=O) groups excluding carboxylic acids is 2. The van der Waals surface area contributed by atoms with Gasteiger partial charge in [-0.05, 0) is 33.6 Å². The normalized spacial score (nSPS) is 17.3. The smallest absolute Gasteiger partial charge is 0.263 e. The zero-order valence-corrected chi connectivity index (χ0v) is 14.1. The molecule has 1 aliphatic rings. The maximum Gasteiger partial charge on any atom is 0.263 e. The molecule has 1 aliphatic heterocycles. The number of thiazole rings is 1. The van der Waals surface area contributed by atoms with E-state index in [0.717, 1.165) is 18.5 Å². The first-order chi connectivity index (χ1) is 10.5. The third kappa shape index (κ3) is 4.04. The maximum atomic E-state index is 12.2. The van der Waals surface area contributed by atoms with Crippen LogP contribution in [0, 0.1) is 6.92 Å². The van der Waals surface area contributed by atoms with Gasteiger partial charge in [0, 0.05) is 25.7 Å². The molecule has 0 bridgehead atoms. The summed E-state index contributed by atoms with van der Waals surface area (Å²) in [6.07, 6.45) is 1.15. The van der Waals surface area contributed by atoms with Crippen LogP contribution in [0.2, 0.25) is 0 Å². The van der Waals surface area contributed by atoms with Crippen molar-refractivity contribution >= 4 is 23.2 Å². The minimum Gasteiger partial charge on any atom is -0.369 e. The van der Waals surface area contributed by atoms with Gasteiger partial charge in [-0.2, -0.15) is 0 Å². The Morgan fingerprint density at radius 1 is 1.50 bits per heavy atom. The predicted octanol–water partition coefficient (Wildman–Crippen LogP) is 1.60. The van der Waals surface area contributed by atoms with E-state index in [9.17, 15) is 9.59 Å². The first kappa shape index (κ1) is 16.9. The summed E-state index contributed by atoms with van der Waals surface area (Å²) < 4.78 is 5.34. The quantitative estimate of drug-likeness (QED) is 0.892. The van der Waals surface area contributed by atoms with E-state index in [4.69, 9.17) is 4.74 Å². The van der Waals surface area contributed by atoms with Gasteiger partial charge < -0.3 is 15.0 Å². The van der Waals surface area contributed by atoms with Crippen molar-refractivity contribution in [2.75, 3.05) is 19.7 Å². The first-order valence-electron chi connectivity index (χ1n) is 7.64. The van der Waals surface area contributed by atoms with Crippen molar-refractivity contribution in [3.63, 3.8) is 0 Å². The molecule has 6 nitrogen and oxygen atoms in total. The van der Waals surface area contributed by atoms with Crippen LogP contribution in [0.3, 0.4) is 0 Å². The van der Waals surface area contributed by atoms with Gasteiger partial charge in [0.2, 0.25) is 0 Å². The van der Waals surface area contributed by atoms with E-state index in [1.165, 1.54) is 11.3 Å². The van der Waals surface area contributed by atoms with Gasteiger partial charge in [0.05, 0.1) is 11.2 Å².